The summed E-state index contributed by atoms with van der Waals surface area (Å²) in [7, 11) is 1.53. The van der Waals surface area contributed by atoms with Crippen molar-refractivity contribution in [2.45, 2.75) is 6.92 Å². The molecule has 0 aliphatic carbocycles. The summed E-state index contributed by atoms with van der Waals surface area (Å²) in [5, 5.41) is 3.92. The van der Waals surface area contributed by atoms with Crippen molar-refractivity contribution in [3.8, 4) is 28.7 Å². The Balaban J connectivity index is 2.00. The highest BCUT2D eigenvalue weighted by molar-refractivity contribution is 5.64. The summed E-state index contributed by atoms with van der Waals surface area (Å²) in [6, 6.07) is 9.50. The molecular weight excluding hydrogens is 273 g/mol. The molecule has 106 valence electrons. The molecular formula is C15H12FN3O2. The Hall–Kier alpha value is -2.76. The van der Waals surface area contributed by atoms with E-state index >= 15 is 0 Å². The van der Waals surface area contributed by atoms with Gasteiger partial charge in [0.1, 0.15) is 5.82 Å². The molecule has 2 heterocycles. The molecule has 0 radical (unpaired) electrons. The minimum Gasteiger partial charge on any atom is -0.480 e. The van der Waals surface area contributed by atoms with Crippen molar-refractivity contribution in [2.24, 2.45) is 0 Å². The maximum atomic E-state index is 12.9. The van der Waals surface area contributed by atoms with Gasteiger partial charge in [-0.15, -0.1) is 0 Å². The number of hydrogen-bond donors (Lipinski definition) is 0. The molecule has 21 heavy (non-hydrogen) atoms. The van der Waals surface area contributed by atoms with Crippen LogP contribution in [0.5, 0.6) is 5.88 Å². The molecule has 0 N–H and O–H groups in total. The summed E-state index contributed by atoms with van der Waals surface area (Å²) in [6.07, 6.45) is 0. The smallest absolute Gasteiger partial charge is 0.258 e. The first-order chi connectivity index (χ1) is 10.2. The number of methoxy groups -OCH3 is 1. The second-order valence-corrected chi connectivity index (χ2v) is 4.44. The predicted octanol–water partition coefficient (Wildman–Crippen LogP) is 3.25. The van der Waals surface area contributed by atoms with E-state index in [-0.39, 0.29) is 5.82 Å². The van der Waals surface area contributed by atoms with Gasteiger partial charge >= 0.3 is 0 Å². The molecule has 0 aliphatic heterocycles. The average Bonchev–Trinajstić information content (AvgIpc) is 2.97. The highest BCUT2D eigenvalue weighted by Gasteiger charge is 2.15. The number of aryl methyl sites for hydroxylation is 1. The van der Waals surface area contributed by atoms with E-state index in [1.54, 1.807) is 12.1 Å². The molecule has 0 unspecified atom stereocenters. The predicted molar refractivity (Wildman–Crippen MR) is 74.2 cm³/mol. The maximum Gasteiger partial charge on any atom is 0.258 e. The van der Waals surface area contributed by atoms with Crippen LogP contribution in [0.2, 0.25) is 0 Å². The van der Waals surface area contributed by atoms with Gasteiger partial charge < -0.3 is 9.26 Å². The van der Waals surface area contributed by atoms with E-state index in [0.29, 0.717) is 28.7 Å². The van der Waals surface area contributed by atoms with Crippen LogP contribution < -0.4 is 4.74 Å². The van der Waals surface area contributed by atoms with Crippen LogP contribution in [0, 0.1) is 12.7 Å². The summed E-state index contributed by atoms with van der Waals surface area (Å²) in [4.78, 5) is 8.57. The van der Waals surface area contributed by atoms with Gasteiger partial charge in [0.2, 0.25) is 11.7 Å². The standard InChI is InChI=1S/C15H12FN3O2/c1-9-3-8-12(15(17-9)20-2)13-18-14(21-19-13)10-4-6-11(16)7-5-10/h3-8H,1-2H3. The number of halogens is 1. The van der Waals surface area contributed by atoms with Gasteiger partial charge in [0.15, 0.2) is 0 Å². The van der Waals surface area contributed by atoms with Gasteiger partial charge in [-0.1, -0.05) is 5.16 Å². The zero-order chi connectivity index (χ0) is 14.8. The van der Waals surface area contributed by atoms with E-state index in [1.807, 2.05) is 19.1 Å². The number of ether oxygens (including phenoxy) is 1. The molecule has 3 rings (SSSR count). The molecule has 0 bridgehead atoms. The van der Waals surface area contributed by atoms with Gasteiger partial charge in [-0.05, 0) is 43.3 Å². The molecule has 0 atom stereocenters. The van der Waals surface area contributed by atoms with Crippen LogP contribution in [0.25, 0.3) is 22.8 Å². The van der Waals surface area contributed by atoms with Crippen molar-refractivity contribution < 1.29 is 13.7 Å². The Morgan fingerprint density at radius 3 is 2.52 bits per heavy atom. The lowest BCUT2D eigenvalue weighted by atomic mass is 10.2. The molecule has 6 heteroatoms. The van der Waals surface area contributed by atoms with Crippen LogP contribution in [-0.2, 0) is 0 Å². The zero-order valence-electron chi connectivity index (χ0n) is 11.5. The number of benzene rings is 1. The number of pyridine rings is 1. The van der Waals surface area contributed by atoms with E-state index in [4.69, 9.17) is 9.26 Å². The largest absolute Gasteiger partial charge is 0.480 e. The fourth-order valence-corrected chi connectivity index (χ4v) is 1.90. The van der Waals surface area contributed by atoms with Gasteiger partial charge in [-0.25, -0.2) is 9.37 Å². The van der Waals surface area contributed by atoms with E-state index in [2.05, 4.69) is 15.1 Å². The highest BCUT2D eigenvalue weighted by atomic mass is 19.1. The van der Waals surface area contributed by atoms with Crippen LogP contribution in [0.3, 0.4) is 0 Å². The normalized spacial score (nSPS) is 10.6. The van der Waals surface area contributed by atoms with E-state index in [0.717, 1.165) is 5.69 Å². The van der Waals surface area contributed by atoms with Gasteiger partial charge in [-0.2, -0.15) is 4.98 Å². The third-order valence-electron chi connectivity index (χ3n) is 2.95. The lowest BCUT2D eigenvalue weighted by Crippen LogP contribution is -1.94. The van der Waals surface area contributed by atoms with Crippen LogP contribution in [0.1, 0.15) is 5.69 Å². The first kappa shape index (κ1) is 13.2. The Kier molecular flexibility index (Phi) is 3.35. The van der Waals surface area contributed by atoms with Crippen molar-refractivity contribution in [2.75, 3.05) is 7.11 Å². The van der Waals surface area contributed by atoms with Gasteiger partial charge in [0, 0.05) is 11.3 Å². The molecule has 0 spiro atoms. The lowest BCUT2D eigenvalue weighted by Gasteiger charge is -2.04. The summed E-state index contributed by atoms with van der Waals surface area (Å²) in [5.41, 5.74) is 2.12. The second kappa shape index (κ2) is 5.32. The van der Waals surface area contributed by atoms with Crippen molar-refractivity contribution in [1.29, 1.82) is 0 Å². The van der Waals surface area contributed by atoms with E-state index in [9.17, 15) is 4.39 Å². The topological polar surface area (TPSA) is 61.0 Å². The van der Waals surface area contributed by atoms with Crippen LogP contribution in [0.15, 0.2) is 40.9 Å². The fraction of sp³-hybridized carbons (Fsp3) is 0.133. The quantitative estimate of drug-likeness (QED) is 0.739. The first-order valence-corrected chi connectivity index (χ1v) is 6.29. The molecule has 3 aromatic rings. The molecule has 0 saturated carbocycles. The number of aromatic nitrogens is 3. The van der Waals surface area contributed by atoms with Crippen LogP contribution in [-0.4, -0.2) is 22.2 Å². The van der Waals surface area contributed by atoms with Crippen molar-refractivity contribution in [3.63, 3.8) is 0 Å². The monoisotopic (exact) mass is 285 g/mol. The number of hydrogen-bond acceptors (Lipinski definition) is 5. The summed E-state index contributed by atoms with van der Waals surface area (Å²) in [6.45, 7) is 1.87. The van der Waals surface area contributed by atoms with Crippen molar-refractivity contribution in [3.05, 3.63) is 47.9 Å². The van der Waals surface area contributed by atoms with Gasteiger partial charge in [-0.3, -0.25) is 0 Å². The molecule has 0 aliphatic rings. The highest BCUT2D eigenvalue weighted by Crippen LogP contribution is 2.28. The third-order valence-corrected chi connectivity index (χ3v) is 2.95. The van der Waals surface area contributed by atoms with Crippen LogP contribution >= 0.6 is 0 Å². The number of nitrogens with zero attached hydrogens (tertiary/aromatic N) is 3. The van der Waals surface area contributed by atoms with Gasteiger partial charge in [0.05, 0.1) is 12.7 Å². The molecule has 2 aromatic heterocycles. The van der Waals surface area contributed by atoms with E-state index in [1.165, 1.54) is 19.2 Å². The summed E-state index contributed by atoms with van der Waals surface area (Å²) in [5.74, 6) is 0.802. The summed E-state index contributed by atoms with van der Waals surface area (Å²) < 4.78 is 23.4. The molecule has 5 nitrogen and oxygen atoms in total. The van der Waals surface area contributed by atoms with Crippen LogP contribution in [0.4, 0.5) is 4.39 Å². The molecule has 0 saturated heterocycles. The van der Waals surface area contributed by atoms with Gasteiger partial charge in [0.25, 0.3) is 5.89 Å². The molecule has 1 aromatic carbocycles. The Morgan fingerprint density at radius 1 is 1.05 bits per heavy atom. The van der Waals surface area contributed by atoms with Crippen molar-refractivity contribution in [1.82, 2.24) is 15.1 Å². The first-order valence-electron chi connectivity index (χ1n) is 6.29. The third kappa shape index (κ3) is 2.60. The average molecular weight is 285 g/mol. The SMILES string of the molecule is COc1nc(C)ccc1-c1noc(-c2ccc(F)cc2)n1. The Labute approximate surface area is 120 Å². The minimum absolute atomic E-state index is 0.313. The second-order valence-electron chi connectivity index (χ2n) is 4.44. The van der Waals surface area contributed by atoms with Crippen molar-refractivity contribution >= 4 is 0 Å². The summed E-state index contributed by atoms with van der Waals surface area (Å²) >= 11 is 0. The van der Waals surface area contributed by atoms with E-state index < -0.39 is 0 Å². The zero-order valence-corrected chi connectivity index (χ0v) is 11.5. The number of rotatable bonds is 3. The minimum atomic E-state index is -0.317. The lowest BCUT2D eigenvalue weighted by molar-refractivity contribution is 0.397. The molecule has 0 amide bonds. The maximum absolute atomic E-state index is 12.9. The molecule has 0 fully saturated rings. The fourth-order valence-electron chi connectivity index (χ4n) is 1.90. The Bertz CT molecular complexity index is 769. The Morgan fingerprint density at radius 2 is 1.81 bits per heavy atom.